The van der Waals surface area contributed by atoms with Crippen LogP contribution in [0.1, 0.15) is 75.8 Å². The summed E-state index contributed by atoms with van der Waals surface area (Å²) in [6.45, 7) is 2.92. The molecule has 3 aliphatic heterocycles. The van der Waals surface area contributed by atoms with Gasteiger partial charge in [-0.1, -0.05) is 25.3 Å². The lowest BCUT2D eigenvalue weighted by Gasteiger charge is -2.43. The average Bonchev–Trinajstić information content (AvgIpc) is 3.66. The van der Waals surface area contributed by atoms with Gasteiger partial charge in [-0.05, 0) is 94.1 Å². The van der Waals surface area contributed by atoms with E-state index in [-0.39, 0.29) is 58.5 Å². The van der Waals surface area contributed by atoms with Crippen molar-refractivity contribution in [2.24, 2.45) is 0 Å². The number of rotatable bonds is 11. The number of aromatic nitrogens is 2. The van der Waals surface area contributed by atoms with E-state index in [2.05, 4.69) is 25.2 Å². The number of fused-ring (bicyclic) bond motifs is 1. The number of benzene rings is 3. The zero-order valence-electron chi connectivity index (χ0n) is 33.5. The van der Waals surface area contributed by atoms with Gasteiger partial charge < -0.3 is 29.5 Å². The number of nitrogens with zero attached hydrogens (tertiary/aromatic N) is 5. The highest BCUT2D eigenvalue weighted by molar-refractivity contribution is 7.98. The van der Waals surface area contributed by atoms with E-state index in [4.69, 9.17) is 14.6 Å². The van der Waals surface area contributed by atoms with E-state index in [1.807, 2.05) is 6.07 Å². The van der Waals surface area contributed by atoms with Crippen molar-refractivity contribution < 1.29 is 33.0 Å². The monoisotopic (exact) mass is 844 g/mol. The smallest absolute Gasteiger partial charge is 0.261 e. The predicted octanol–water partition coefficient (Wildman–Crippen LogP) is 6.27. The lowest BCUT2D eigenvalue weighted by atomic mass is 9.85. The van der Waals surface area contributed by atoms with Crippen molar-refractivity contribution in [3.05, 3.63) is 88.5 Å². The van der Waals surface area contributed by atoms with Gasteiger partial charge in [0, 0.05) is 49.9 Å². The van der Waals surface area contributed by atoms with Crippen molar-refractivity contribution in [2.45, 2.75) is 87.9 Å². The van der Waals surface area contributed by atoms with Gasteiger partial charge in [-0.15, -0.1) is 0 Å². The maximum atomic E-state index is 14.9. The minimum absolute atomic E-state index is 0.0125. The molecule has 4 fully saturated rings. The fourth-order valence-electron chi connectivity index (χ4n) is 8.42. The number of aliphatic hydroxyl groups excluding tert-OH is 1. The maximum absolute atomic E-state index is 14.9. The van der Waals surface area contributed by atoms with E-state index in [1.165, 1.54) is 68.5 Å². The predicted molar refractivity (Wildman–Crippen MR) is 224 cm³/mol. The second-order valence-corrected chi connectivity index (χ2v) is 16.8. The van der Waals surface area contributed by atoms with E-state index >= 15 is 0 Å². The molecule has 1 spiro atoms. The van der Waals surface area contributed by atoms with Crippen LogP contribution in [0.25, 0.3) is 10.9 Å². The second-order valence-electron chi connectivity index (χ2n) is 15.8. The number of amides is 2. The summed E-state index contributed by atoms with van der Waals surface area (Å²) in [5.74, 6) is -1.70. The topological polar surface area (TPSA) is 174 Å². The molecule has 1 saturated carbocycles. The Labute approximate surface area is 351 Å². The first-order valence-corrected chi connectivity index (χ1v) is 21.2. The number of likely N-dealkylation sites (tertiary alicyclic amines) is 1. The molecule has 4 aromatic rings. The quantitative estimate of drug-likeness (QED) is 0.0984. The van der Waals surface area contributed by atoms with Crippen LogP contribution in [-0.4, -0.2) is 93.3 Å². The van der Waals surface area contributed by atoms with Crippen LogP contribution in [0.3, 0.4) is 0 Å². The molecule has 2 amide bonds. The number of hydrogen-bond donors (Lipinski definition) is 4. The summed E-state index contributed by atoms with van der Waals surface area (Å²) >= 11 is 1.17. The normalized spacial score (nSPS) is 20.7. The molecule has 3 saturated heterocycles. The second kappa shape index (κ2) is 19.5. The molecule has 60 heavy (non-hydrogen) atoms. The number of nitrogens with one attached hydrogen (secondary N) is 3. The van der Waals surface area contributed by atoms with Gasteiger partial charge >= 0.3 is 0 Å². The van der Waals surface area contributed by atoms with Crippen LogP contribution >= 0.6 is 12.1 Å². The number of carbonyl (C=O) groups is 2. The molecular weight excluding hydrogens is 795 g/mol. The lowest BCUT2D eigenvalue weighted by Crippen LogP contribution is -2.48. The Morgan fingerprint density at radius 1 is 1.07 bits per heavy atom. The first-order valence-electron chi connectivity index (χ1n) is 20.4. The van der Waals surface area contributed by atoms with Crippen molar-refractivity contribution in [3.8, 4) is 17.6 Å². The Morgan fingerprint density at radius 3 is 2.60 bits per heavy atom. The third-order valence-electron chi connectivity index (χ3n) is 11.7. The van der Waals surface area contributed by atoms with Gasteiger partial charge in [0.05, 0.1) is 47.8 Å². The molecule has 1 aliphatic carbocycles. The number of anilines is 2. The first-order chi connectivity index (χ1) is 29.0. The highest BCUT2D eigenvalue weighted by Crippen LogP contribution is 2.42. The van der Waals surface area contributed by atoms with Gasteiger partial charge in [-0.25, -0.2) is 18.1 Å². The number of hydrogen-bond acceptors (Lipinski definition) is 13. The van der Waals surface area contributed by atoms with E-state index in [1.54, 1.807) is 52.6 Å². The summed E-state index contributed by atoms with van der Waals surface area (Å²) < 4.78 is 46.6. The first kappa shape index (κ1) is 43.0. The van der Waals surface area contributed by atoms with Gasteiger partial charge in [0.1, 0.15) is 29.2 Å². The summed E-state index contributed by atoms with van der Waals surface area (Å²) in [7, 11) is 1.77. The Morgan fingerprint density at radius 2 is 1.87 bits per heavy atom. The van der Waals surface area contributed by atoms with E-state index in [9.17, 15) is 28.4 Å². The number of aliphatic hydroxyl groups is 1. The van der Waals surface area contributed by atoms with Crippen molar-refractivity contribution in [2.75, 3.05) is 49.9 Å². The highest BCUT2D eigenvalue weighted by Gasteiger charge is 2.44. The van der Waals surface area contributed by atoms with E-state index < -0.39 is 11.9 Å². The molecule has 17 heteroatoms. The fraction of sp³-hybridized carbons (Fsp3) is 0.465. The van der Waals surface area contributed by atoms with Gasteiger partial charge in [-0.2, -0.15) is 5.26 Å². The third kappa shape index (κ3) is 10.2. The van der Waals surface area contributed by atoms with Crippen LogP contribution in [0.5, 0.6) is 11.5 Å². The molecule has 0 radical (unpaired) electrons. The van der Waals surface area contributed by atoms with Gasteiger partial charge in [-0.3, -0.25) is 24.3 Å². The summed E-state index contributed by atoms with van der Waals surface area (Å²) in [5, 5.41) is 24.4. The van der Waals surface area contributed by atoms with Gasteiger partial charge in [0.15, 0.2) is 11.6 Å². The molecule has 0 bridgehead atoms. The Kier molecular flexibility index (Phi) is 14.0. The molecule has 2 unspecified atom stereocenters. The number of halogens is 2. The van der Waals surface area contributed by atoms with Crippen LogP contribution in [0.15, 0.2) is 65.7 Å². The van der Waals surface area contributed by atoms with E-state index in [0.717, 1.165) is 32.4 Å². The molecule has 3 aromatic carbocycles. The zero-order chi connectivity index (χ0) is 42.2. The molecule has 8 rings (SSSR count). The van der Waals surface area contributed by atoms with Crippen LogP contribution in [-0.2, 0) is 14.3 Å². The van der Waals surface area contributed by atoms with Crippen LogP contribution in [0.2, 0.25) is 0 Å². The Balaban J connectivity index is 0.000000285. The van der Waals surface area contributed by atoms with Crippen molar-refractivity contribution in [3.63, 3.8) is 0 Å². The molecule has 318 valence electrons. The summed E-state index contributed by atoms with van der Waals surface area (Å²) in [5.41, 5.74) is 0.988. The molecule has 1 aromatic heterocycles. The van der Waals surface area contributed by atoms with Crippen molar-refractivity contribution in [1.82, 2.24) is 24.1 Å². The lowest BCUT2D eigenvalue weighted by molar-refractivity contribution is -0.133. The SMILES string of the molecule is CN(CCO)SNc1ccc(F)c(Oc2ccc3ncn(C4COC5(CCN(C6CCCCC6)CC5)C4)c(=O)c3c2)c1C#N.O=C1CCC(Nc2cccc(F)c2)C(=O)N1. The van der Waals surface area contributed by atoms with Crippen LogP contribution in [0, 0.1) is 23.0 Å². The molecule has 4 heterocycles. The van der Waals surface area contributed by atoms with Crippen LogP contribution in [0.4, 0.5) is 20.2 Å². The number of piperidine rings is 2. The largest absolute Gasteiger partial charge is 0.453 e. The minimum Gasteiger partial charge on any atom is -0.453 e. The maximum Gasteiger partial charge on any atom is 0.261 e. The standard InChI is InChI=1S/C32H39FN6O4S.C11H11FN2O2/c1-37(15-16-40)44-36-29-10-8-27(33)30(26(29)19-34)43-24-7-9-28-25(17-24)31(41)39(21-35-28)23-18-32(42-20-23)11-13-38(14-12-32)22-5-3-2-4-6-22;12-7-2-1-3-8(6-7)13-9-4-5-10(15)14-11(9)16/h7-10,17,21-23,36,40H,2-6,11-16,18,20H2,1H3;1-3,6,9,13H,4-5H2,(H,14,15,16). The zero-order valence-corrected chi connectivity index (χ0v) is 34.3. The van der Waals surface area contributed by atoms with Crippen molar-refractivity contribution >= 4 is 46.2 Å². The molecular formula is C43H50F2N8O6S. The summed E-state index contributed by atoms with van der Waals surface area (Å²) in [6, 6.07) is 15.5. The van der Waals surface area contributed by atoms with E-state index in [0.29, 0.717) is 54.3 Å². The van der Waals surface area contributed by atoms with Gasteiger partial charge in [0.2, 0.25) is 11.8 Å². The number of ether oxygens (including phenoxy) is 2. The number of likely N-dealkylation sites (N-methyl/N-ethyl adjacent to an activating group) is 1. The summed E-state index contributed by atoms with van der Waals surface area (Å²) in [4.78, 5) is 43.2. The number of carbonyl (C=O) groups excluding carboxylic acids is 2. The third-order valence-corrected chi connectivity index (χ3v) is 12.5. The Bertz CT molecular complexity index is 2280. The Hall–Kier alpha value is -5.12. The molecule has 14 nitrogen and oxygen atoms in total. The van der Waals surface area contributed by atoms with Gasteiger partial charge in [0.25, 0.3) is 5.56 Å². The number of nitriles is 1. The molecule has 4 N–H and O–H groups in total. The van der Waals surface area contributed by atoms with Crippen LogP contribution < -0.4 is 25.7 Å². The highest BCUT2D eigenvalue weighted by atomic mass is 32.2. The summed E-state index contributed by atoms with van der Waals surface area (Å²) in [6.07, 6.45) is 11.7. The minimum atomic E-state index is -0.701. The average molecular weight is 845 g/mol. The molecule has 4 aliphatic rings. The van der Waals surface area contributed by atoms with Crippen molar-refractivity contribution in [1.29, 1.82) is 5.26 Å². The number of imide groups is 1. The fourth-order valence-corrected chi connectivity index (χ4v) is 9.02. The molecule has 2 atom stereocenters.